The van der Waals surface area contributed by atoms with Crippen LogP contribution in [0.5, 0.6) is 5.75 Å². The van der Waals surface area contributed by atoms with Gasteiger partial charge in [-0.1, -0.05) is 38.1 Å². The fourth-order valence-corrected chi connectivity index (χ4v) is 5.14. The summed E-state index contributed by atoms with van der Waals surface area (Å²) in [5.41, 5.74) is 3.41. The van der Waals surface area contributed by atoms with Crippen LogP contribution in [0.3, 0.4) is 0 Å². The molecule has 2 aromatic carbocycles. The molecule has 7 nitrogen and oxygen atoms in total. The van der Waals surface area contributed by atoms with E-state index in [1.165, 1.54) is 5.56 Å². The van der Waals surface area contributed by atoms with Gasteiger partial charge < -0.3 is 24.4 Å². The highest BCUT2D eigenvalue weighted by molar-refractivity contribution is 6.46. The van der Waals surface area contributed by atoms with E-state index in [1.54, 1.807) is 17.0 Å². The van der Waals surface area contributed by atoms with Gasteiger partial charge in [0.25, 0.3) is 11.7 Å². The number of carbonyl (C=O) groups is 2. The molecule has 7 heteroatoms. The zero-order chi connectivity index (χ0) is 24.7. The molecule has 5 rings (SSSR count). The molecule has 2 unspecified atom stereocenters. The number of Topliss-reactive ketones (excluding diaryl/α,β-unsaturated/α-hetero) is 1. The predicted molar refractivity (Wildman–Crippen MR) is 134 cm³/mol. The number of carbonyl (C=O) groups excluding carboxylic acids is 2. The van der Waals surface area contributed by atoms with E-state index in [0.29, 0.717) is 31.2 Å². The molecule has 35 heavy (non-hydrogen) atoms. The molecule has 0 radical (unpaired) electrons. The van der Waals surface area contributed by atoms with Crippen molar-refractivity contribution in [3.05, 3.63) is 64.7 Å². The van der Waals surface area contributed by atoms with Crippen molar-refractivity contribution in [2.75, 3.05) is 38.3 Å². The van der Waals surface area contributed by atoms with Crippen molar-refractivity contribution in [1.29, 1.82) is 0 Å². The second-order valence-corrected chi connectivity index (χ2v) is 9.86. The van der Waals surface area contributed by atoms with Crippen LogP contribution < -0.4 is 9.64 Å². The predicted octanol–water partition coefficient (Wildman–Crippen LogP) is 4.24. The fourth-order valence-electron chi connectivity index (χ4n) is 5.14. The van der Waals surface area contributed by atoms with Crippen molar-refractivity contribution in [1.82, 2.24) is 4.90 Å². The lowest BCUT2D eigenvalue weighted by Crippen LogP contribution is -2.36. The number of likely N-dealkylation sites (N-methyl/N-ethyl adjacent to an activating group) is 1. The van der Waals surface area contributed by atoms with Crippen LogP contribution in [-0.2, 0) is 14.3 Å². The van der Waals surface area contributed by atoms with Gasteiger partial charge in [-0.05, 0) is 48.1 Å². The van der Waals surface area contributed by atoms with E-state index < -0.39 is 17.7 Å². The number of ether oxygens (including phenoxy) is 2. The summed E-state index contributed by atoms with van der Waals surface area (Å²) in [5.74, 6) is -0.344. The van der Waals surface area contributed by atoms with Crippen molar-refractivity contribution in [2.24, 2.45) is 0 Å². The number of aliphatic hydroxyl groups is 1. The Kier molecular flexibility index (Phi) is 6.28. The molecular weight excluding hydrogens is 444 g/mol. The molecule has 2 atom stereocenters. The minimum absolute atomic E-state index is 0.111. The number of rotatable bonds is 5. The smallest absolute Gasteiger partial charge is 0.295 e. The van der Waals surface area contributed by atoms with E-state index >= 15 is 0 Å². The van der Waals surface area contributed by atoms with Crippen molar-refractivity contribution in [2.45, 2.75) is 44.8 Å². The third-order valence-electron chi connectivity index (χ3n) is 7.21. The van der Waals surface area contributed by atoms with Crippen molar-refractivity contribution in [3.8, 4) is 5.75 Å². The van der Waals surface area contributed by atoms with Gasteiger partial charge in [-0.2, -0.15) is 0 Å². The Hall–Kier alpha value is -3.32. The van der Waals surface area contributed by atoms with Crippen LogP contribution in [0.1, 0.15) is 55.3 Å². The Morgan fingerprint density at radius 3 is 2.57 bits per heavy atom. The molecule has 0 saturated carbocycles. The molecule has 0 spiro atoms. The molecule has 3 aliphatic rings. The van der Waals surface area contributed by atoms with Gasteiger partial charge in [-0.15, -0.1) is 0 Å². The first-order chi connectivity index (χ1) is 16.8. The first-order valence-electron chi connectivity index (χ1n) is 12.3. The van der Waals surface area contributed by atoms with E-state index in [0.717, 1.165) is 36.4 Å². The SMILES string of the molecule is CC(C)c1ccc(C2/C(=C(/O)c3ccc4c(c3)N(C)CCO4)C(=O)C(=O)N2CC2CCCO2)cc1. The molecule has 3 heterocycles. The standard InChI is InChI=1S/C28H32N2O5/c1-17(2)18-6-8-19(9-7-18)25-24(27(32)28(33)30(25)16-21-5-4-13-34-21)26(31)20-10-11-23-22(15-20)29(3)12-14-35-23/h6-11,15,17,21,25,31H,4-5,12-14,16H2,1-3H3/b26-24-. The van der Waals surface area contributed by atoms with Crippen LogP contribution in [0.4, 0.5) is 5.69 Å². The molecule has 2 saturated heterocycles. The van der Waals surface area contributed by atoms with Gasteiger partial charge in [-0.3, -0.25) is 9.59 Å². The molecule has 2 aromatic rings. The third kappa shape index (κ3) is 4.29. The van der Waals surface area contributed by atoms with Gasteiger partial charge in [0, 0.05) is 25.8 Å². The highest BCUT2D eigenvalue weighted by Crippen LogP contribution is 2.42. The summed E-state index contributed by atoms with van der Waals surface area (Å²) in [4.78, 5) is 30.2. The molecule has 0 aromatic heterocycles. The summed E-state index contributed by atoms with van der Waals surface area (Å²) in [5, 5.41) is 11.4. The first-order valence-corrected chi connectivity index (χ1v) is 12.3. The van der Waals surface area contributed by atoms with Crippen molar-refractivity contribution in [3.63, 3.8) is 0 Å². The van der Waals surface area contributed by atoms with Crippen LogP contribution in [0.15, 0.2) is 48.0 Å². The van der Waals surface area contributed by atoms with Crippen LogP contribution in [-0.4, -0.2) is 61.2 Å². The van der Waals surface area contributed by atoms with E-state index in [-0.39, 0.29) is 17.4 Å². The summed E-state index contributed by atoms with van der Waals surface area (Å²) in [6, 6.07) is 12.6. The zero-order valence-electron chi connectivity index (χ0n) is 20.5. The zero-order valence-corrected chi connectivity index (χ0v) is 20.5. The Labute approximate surface area is 205 Å². The lowest BCUT2D eigenvalue weighted by molar-refractivity contribution is -0.140. The molecule has 1 amide bonds. The summed E-state index contributed by atoms with van der Waals surface area (Å²) in [7, 11) is 1.96. The number of nitrogens with zero attached hydrogens (tertiary/aromatic N) is 2. The lowest BCUT2D eigenvalue weighted by atomic mass is 9.93. The van der Waals surface area contributed by atoms with Gasteiger partial charge in [0.1, 0.15) is 18.1 Å². The minimum Gasteiger partial charge on any atom is -0.507 e. The Bertz CT molecular complexity index is 1160. The maximum Gasteiger partial charge on any atom is 0.295 e. The molecule has 2 fully saturated rings. The van der Waals surface area contributed by atoms with E-state index in [4.69, 9.17) is 9.47 Å². The molecule has 0 bridgehead atoms. The number of amides is 1. The van der Waals surface area contributed by atoms with Gasteiger partial charge in [-0.25, -0.2) is 0 Å². The molecular formula is C28H32N2O5. The van der Waals surface area contributed by atoms with E-state index in [2.05, 4.69) is 13.8 Å². The van der Waals surface area contributed by atoms with Crippen LogP contribution >= 0.6 is 0 Å². The maximum atomic E-state index is 13.3. The number of benzene rings is 2. The van der Waals surface area contributed by atoms with Gasteiger partial charge in [0.2, 0.25) is 0 Å². The van der Waals surface area contributed by atoms with Crippen molar-refractivity contribution < 1.29 is 24.2 Å². The largest absolute Gasteiger partial charge is 0.507 e. The highest BCUT2D eigenvalue weighted by atomic mass is 16.5. The maximum absolute atomic E-state index is 13.3. The average molecular weight is 477 g/mol. The Morgan fingerprint density at radius 2 is 1.89 bits per heavy atom. The summed E-state index contributed by atoms with van der Waals surface area (Å²) in [6.07, 6.45) is 1.67. The fraction of sp³-hybridized carbons (Fsp3) is 0.429. The average Bonchev–Trinajstić information content (AvgIpc) is 3.46. The molecule has 3 aliphatic heterocycles. The Balaban J connectivity index is 1.60. The highest BCUT2D eigenvalue weighted by Gasteiger charge is 2.47. The second-order valence-electron chi connectivity index (χ2n) is 9.86. The van der Waals surface area contributed by atoms with Crippen LogP contribution in [0.25, 0.3) is 5.76 Å². The summed E-state index contributed by atoms with van der Waals surface area (Å²) in [6.45, 7) is 6.54. The number of likely N-dealkylation sites (tertiary alicyclic amines) is 1. The summed E-state index contributed by atoms with van der Waals surface area (Å²) < 4.78 is 11.5. The quantitative estimate of drug-likeness (QED) is 0.395. The van der Waals surface area contributed by atoms with E-state index in [1.807, 2.05) is 42.3 Å². The van der Waals surface area contributed by atoms with E-state index in [9.17, 15) is 14.7 Å². The monoisotopic (exact) mass is 476 g/mol. The summed E-state index contributed by atoms with van der Waals surface area (Å²) >= 11 is 0. The number of aliphatic hydroxyl groups excluding tert-OH is 1. The van der Waals surface area contributed by atoms with Crippen molar-refractivity contribution >= 4 is 23.1 Å². The minimum atomic E-state index is -0.676. The lowest BCUT2D eigenvalue weighted by Gasteiger charge is -2.29. The normalized spacial score (nSPS) is 23.7. The number of anilines is 1. The number of ketones is 1. The number of hydrogen-bond donors (Lipinski definition) is 1. The number of hydrogen-bond acceptors (Lipinski definition) is 6. The van der Waals surface area contributed by atoms with Gasteiger partial charge >= 0.3 is 0 Å². The van der Waals surface area contributed by atoms with Crippen LogP contribution in [0.2, 0.25) is 0 Å². The van der Waals surface area contributed by atoms with Gasteiger partial charge in [0.05, 0.1) is 30.0 Å². The third-order valence-corrected chi connectivity index (χ3v) is 7.21. The van der Waals surface area contributed by atoms with Gasteiger partial charge in [0.15, 0.2) is 0 Å². The topological polar surface area (TPSA) is 79.3 Å². The van der Waals surface area contributed by atoms with Crippen LogP contribution in [0, 0.1) is 0 Å². The molecule has 1 N–H and O–H groups in total. The molecule has 184 valence electrons. The second kappa shape index (κ2) is 9.38. The first kappa shape index (κ1) is 23.4. The number of fused-ring (bicyclic) bond motifs is 1. The molecule has 0 aliphatic carbocycles. The Morgan fingerprint density at radius 1 is 1.11 bits per heavy atom.